The molecule has 1 saturated heterocycles. The number of methoxy groups -OCH3 is 1. The molecule has 0 aliphatic carbocycles. The molecule has 0 bridgehead atoms. The molecule has 1 aromatic rings. The second-order valence-corrected chi connectivity index (χ2v) is 5.15. The Morgan fingerprint density at radius 2 is 2.16 bits per heavy atom. The maximum Gasteiger partial charge on any atom is 0.179 e. The van der Waals surface area contributed by atoms with Crippen LogP contribution < -0.4 is 10.5 Å². The van der Waals surface area contributed by atoms with Crippen LogP contribution in [0.4, 0.5) is 0 Å². The highest BCUT2D eigenvalue weighted by Gasteiger charge is 2.29. The van der Waals surface area contributed by atoms with Gasteiger partial charge in [0.05, 0.1) is 13.2 Å². The van der Waals surface area contributed by atoms with Crippen LogP contribution in [0.3, 0.4) is 0 Å². The van der Waals surface area contributed by atoms with Gasteiger partial charge in [0.1, 0.15) is 5.75 Å². The summed E-state index contributed by atoms with van der Waals surface area (Å²) in [6, 6.07) is 7.23. The van der Waals surface area contributed by atoms with E-state index in [0.29, 0.717) is 12.5 Å². The number of rotatable bonds is 5. The highest BCUT2D eigenvalue weighted by molar-refractivity contribution is 5.99. The number of ether oxygens (including phenoxy) is 1. The zero-order chi connectivity index (χ0) is 13.8. The van der Waals surface area contributed by atoms with Crippen LogP contribution >= 0.6 is 0 Å². The Kier molecular flexibility index (Phi) is 4.56. The third-order valence-electron chi connectivity index (χ3n) is 3.95. The molecule has 1 heterocycles. The van der Waals surface area contributed by atoms with Gasteiger partial charge in [-0.2, -0.15) is 0 Å². The van der Waals surface area contributed by atoms with Crippen molar-refractivity contribution in [3.05, 3.63) is 29.8 Å². The summed E-state index contributed by atoms with van der Waals surface area (Å²) in [5, 5.41) is 0. The van der Waals surface area contributed by atoms with Crippen LogP contribution in [-0.4, -0.2) is 43.5 Å². The predicted octanol–water partition coefficient (Wildman–Crippen LogP) is 1.55. The van der Waals surface area contributed by atoms with Gasteiger partial charge in [0.15, 0.2) is 5.78 Å². The number of ketones is 1. The minimum Gasteiger partial charge on any atom is -0.497 e. The Bertz CT molecular complexity index is 430. The van der Waals surface area contributed by atoms with Gasteiger partial charge < -0.3 is 10.5 Å². The highest BCUT2D eigenvalue weighted by atomic mass is 16.5. The first-order valence-corrected chi connectivity index (χ1v) is 6.78. The summed E-state index contributed by atoms with van der Waals surface area (Å²) in [6.07, 6.45) is 1.09. The van der Waals surface area contributed by atoms with Crippen molar-refractivity contribution in [1.29, 1.82) is 0 Å². The van der Waals surface area contributed by atoms with Crippen LogP contribution in [0.15, 0.2) is 24.3 Å². The van der Waals surface area contributed by atoms with E-state index in [1.807, 2.05) is 31.2 Å². The van der Waals surface area contributed by atoms with E-state index in [9.17, 15) is 4.79 Å². The number of likely N-dealkylation sites (tertiary alicyclic amines) is 1. The van der Waals surface area contributed by atoms with E-state index < -0.39 is 0 Å². The van der Waals surface area contributed by atoms with Gasteiger partial charge in [-0.25, -0.2) is 0 Å². The van der Waals surface area contributed by atoms with Crippen LogP contribution in [0.2, 0.25) is 0 Å². The number of hydrogen-bond acceptors (Lipinski definition) is 4. The summed E-state index contributed by atoms with van der Waals surface area (Å²) < 4.78 is 5.10. The number of nitrogens with two attached hydrogens (primary N) is 1. The van der Waals surface area contributed by atoms with Crippen LogP contribution in [0.1, 0.15) is 23.7 Å². The van der Waals surface area contributed by atoms with Crippen molar-refractivity contribution in [3.8, 4) is 5.75 Å². The topological polar surface area (TPSA) is 55.6 Å². The molecule has 19 heavy (non-hydrogen) atoms. The van der Waals surface area contributed by atoms with Gasteiger partial charge in [-0.15, -0.1) is 0 Å². The summed E-state index contributed by atoms with van der Waals surface area (Å²) in [5.74, 6) is 1.47. The van der Waals surface area contributed by atoms with Gasteiger partial charge in [0.2, 0.25) is 0 Å². The molecule has 0 amide bonds. The zero-order valence-electron chi connectivity index (χ0n) is 11.6. The van der Waals surface area contributed by atoms with E-state index >= 15 is 0 Å². The van der Waals surface area contributed by atoms with Crippen LogP contribution in [0, 0.1) is 5.92 Å². The van der Waals surface area contributed by atoms with Gasteiger partial charge in [0.25, 0.3) is 0 Å². The smallest absolute Gasteiger partial charge is 0.179 e. The number of nitrogens with zero attached hydrogens (tertiary/aromatic N) is 1. The Labute approximate surface area is 114 Å². The number of hydrogen-bond donors (Lipinski definition) is 1. The molecule has 104 valence electrons. The Morgan fingerprint density at radius 1 is 1.47 bits per heavy atom. The second kappa shape index (κ2) is 6.17. The Morgan fingerprint density at radius 3 is 2.68 bits per heavy atom. The summed E-state index contributed by atoms with van der Waals surface area (Å²) in [5.41, 5.74) is 6.43. The molecule has 0 radical (unpaired) electrons. The number of carbonyl (C=O) groups excluding carboxylic acids is 1. The normalized spacial score (nSPS) is 21.3. The van der Waals surface area contributed by atoms with E-state index in [2.05, 4.69) is 4.90 Å². The molecule has 1 aliphatic rings. The lowest BCUT2D eigenvalue weighted by Crippen LogP contribution is -2.37. The Hall–Kier alpha value is -1.39. The summed E-state index contributed by atoms with van der Waals surface area (Å²) >= 11 is 0. The molecule has 0 spiro atoms. The van der Waals surface area contributed by atoms with E-state index in [1.165, 1.54) is 0 Å². The van der Waals surface area contributed by atoms with Crippen LogP contribution in [0.5, 0.6) is 5.75 Å². The molecule has 4 heteroatoms. The van der Waals surface area contributed by atoms with Gasteiger partial charge in [-0.1, -0.05) is 0 Å². The van der Waals surface area contributed by atoms with Crippen molar-refractivity contribution in [2.24, 2.45) is 11.7 Å². The van der Waals surface area contributed by atoms with Gasteiger partial charge in [0, 0.05) is 12.1 Å². The average molecular weight is 262 g/mol. The summed E-state index contributed by atoms with van der Waals surface area (Å²) in [4.78, 5) is 14.6. The molecule has 1 aliphatic heterocycles. The maximum atomic E-state index is 12.4. The number of carbonyl (C=O) groups is 1. The largest absolute Gasteiger partial charge is 0.497 e. The van der Waals surface area contributed by atoms with Crippen LogP contribution in [-0.2, 0) is 0 Å². The fourth-order valence-electron chi connectivity index (χ4n) is 2.57. The van der Waals surface area contributed by atoms with Crippen molar-refractivity contribution in [3.63, 3.8) is 0 Å². The van der Waals surface area contributed by atoms with Crippen molar-refractivity contribution in [2.75, 3.05) is 26.7 Å². The first-order chi connectivity index (χ1) is 9.15. The first-order valence-electron chi connectivity index (χ1n) is 6.78. The maximum absolute atomic E-state index is 12.4. The van der Waals surface area contributed by atoms with Crippen molar-refractivity contribution < 1.29 is 9.53 Å². The van der Waals surface area contributed by atoms with E-state index in [0.717, 1.165) is 30.8 Å². The third kappa shape index (κ3) is 3.14. The molecule has 4 nitrogen and oxygen atoms in total. The standard InChI is InChI=1S/C15H22N2O2/c1-11(17-8-7-12(9-16)10-17)15(18)13-3-5-14(19-2)6-4-13/h3-6,11-12H,7-10,16H2,1-2H3. The molecule has 2 atom stereocenters. The van der Waals surface area contributed by atoms with Crippen molar-refractivity contribution in [1.82, 2.24) is 4.90 Å². The summed E-state index contributed by atoms with van der Waals surface area (Å²) in [7, 11) is 1.62. The Balaban J connectivity index is 2.02. The third-order valence-corrected chi connectivity index (χ3v) is 3.95. The molecule has 1 fully saturated rings. The fourth-order valence-corrected chi connectivity index (χ4v) is 2.57. The molecule has 2 N–H and O–H groups in total. The predicted molar refractivity (Wildman–Crippen MR) is 75.5 cm³/mol. The van der Waals surface area contributed by atoms with Crippen molar-refractivity contribution >= 4 is 5.78 Å². The minimum absolute atomic E-state index is 0.0788. The monoisotopic (exact) mass is 262 g/mol. The van der Waals surface area contributed by atoms with E-state index in [-0.39, 0.29) is 11.8 Å². The number of benzene rings is 1. The quantitative estimate of drug-likeness (QED) is 0.818. The summed E-state index contributed by atoms with van der Waals surface area (Å²) in [6.45, 7) is 4.58. The molecular weight excluding hydrogens is 240 g/mol. The first kappa shape index (κ1) is 14.0. The van der Waals surface area contributed by atoms with Crippen LogP contribution in [0.25, 0.3) is 0 Å². The zero-order valence-corrected chi connectivity index (χ0v) is 11.6. The molecular formula is C15H22N2O2. The average Bonchev–Trinajstić information content (AvgIpc) is 2.94. The lowest BCUT2D eigenvalue weighted by atomic mass is 10.0. The SMILES string of the molecule is COc1ccc(C(=O)C(C)N2CCC(CN)C2)cc1. The molecule has 0 aromatic heterocycles. The lowest BCUT2D eigenvalue weighted by molar-refractivity contribution is 0.0863. The lowest BCUT2D eigenvalue weighted by Gasteiger charge is -2.23. The van der Waals surface area contributed by atoms with E-state index in [4.69, 9.17) is 10.5 Å². The fraction of sp³-hybridized carbons (Fsp3) is 0.533. The minimum atomic E-state index is -0.0788. The van der Waals surface area contributed by atoms with Gasteiger partial charge >= 0.3 is 0 Å². The molecule has 2 unspecified atom stereocenters. The second-order valence-electron chi connectivity index (χ2n) is 5.15. The molecule has 1 aromatic carbocycles. The van der Waals surface area contributed by atoms with Crippen molar-refractivity contribution in [2.45, 2.75) is 19.4 Å². The van der Waals surface area contributed by atoms with Gasteiger partial charge in [-0.3, -0.25) is 9.69 Å². The number of Topliss-reactive ketones (excluding diaryl/α,β-unsaturated/α-hetero) is 1. The highest BCUT2D eigenvalue weighted by Crippen LogP contribution is 2.20. The molecule has 2 rings (SSSR count). The van der Waals surface area contributed by atoms with E-state index in [1.54, 1.807) is 7.11 Å². The van der Waals surface area contributed by atoms with Gasteiger partial charge in [-0.05, 0) is 56.6 Å². The molecule has 0 saturated carbocycles.